The molecular weight excluding hydrogens is 368 g/mol. The Balaban J connectivity index is 1.82. The van der Waals surface area contributed by atoms with E-state index in [9.17, 15) is 13.2 Å². The molecule has 140 valence electrons. The first-order valence-corrected chi connectivity index (χ1v) is 9.69. The summed E-state index contributed by atoms with van der Waals surface area (Å²) in [6, 6.07) is 12.8. The Morgan fingerprint density at radius 1 is 1.15 bits per heavy atom. The first-order chi connectivity index (χ1) is 12.9. The van der Waals surface area contributed by atoms with Crippen LogP contribution >= 0.6 is 0 Å². The van der Waals surface area contributed by atoms with E-state index in [1.54, 1.807) is 44.2 Å². The lowest BCUT2D eigenvalue weighted by Gasteiger charge is -2.08. The number of hydrogen-bond acceptors (Lipinski definition) is 6. The smallest absolute Gasteiger partial charge is 0.255 e. The minimum atomic E-state index is -3.64. The number of carbonyl (C=O) groups excluding carboxylic acids is 1. The fourth-order valence-electron chi connectivity index (χ4n) is 2.43. The lowest BCUT2D eigenvalue weighted by molar-refractivity contribution is 0.102. The highest BCUT2D eigenvalue weighted by molar-refractivity contribution is 7.89. The standard InChI is InChI=1S/C18H18N4O4S/c1-3-19-27(24,25)16-9-5-7-14(11-16)18(23)21-15-8-4-6-13(10-15)17-20-12(2)26-22-17/h4-11,19H,3H2,1-2H3,(H,21,23). The number of rotatable bonds is 6. The minimum absolute atomic E-state index is 0.0352. The fraction of sp³-hybridized carbons (Fsp3) is 0.167. The molecule has 0 saturated carbocycles. The molecule has 0 radical (unpaired) electrons. The van der Waals surface area contributed by atoms with E-state index in [4.69, 9.17) is 4.52 Å². The molecule has 2 aromatic carbocycles. The number of sulfonamides is 1. The summed E-state index contributed by atoms with van der Waals surface area (Å²) in [6.07, 6.45) is 0. The van der Waals surface area contributed by atoms with Crippen LogP contribution in [0.4, 0.5) is 5.69 Å². The van der Waals surface area contributed by atoms with Crippen LogP contribution in [0.15, 0.2) is 57.9 Å². The summed E-state index contributed by atoms with van der Waals surface area (Å²) in [6.45, 7) is 3.64. The van der Waals surface area contributed by atoms with Crippen LogP contribution in [0.25, 0.3) is 11.4 Å². The van der Waals surface area contributed by atoms with Gasteiger partial charge in [0.15, 0.2) is 0 Å². The van der Waals surface area contributed by atoms with Gasteiger partial charge in [0.1, 0.15) is 0 Å². The molecule has 27 heavy (non-hydrogen) atoms. The molecule has 9 heteroatoms. The van der Waals surface area contributed by atoms with Gasteiger partial charge in [-0.25, -0.2) is 13.1 Å². The van der Waals surface area contributed by atoms with Gasteiger partial charge in [-0.3, -0.25) is 4.79 Å². The van der Waals surface area contributed by atoms with Crippen molar-refractivity contribution in [1.82, 2.24) is 14.9 Å². The summed E-state index contributed by atoms with van der Waals surface area (Å²) >= 11 is 0. The Morgan fingerprint density at radius 2 is 1.93 bits per heavy atom. The van der Waals surface area contributed by atoms with Crippen LogP contribution in [0.1, 0.15) is 23.2 Å². The molecule has 3 rings (SSSR count). The van der Waals surface area contributed by atoms with Crippen LogP contribution in [-0.4, -0.2) is 31.0 Å². The van der Waals surface area contributed by atoms with Gasteiger partial charge in [0.05, 0.1) is 4.90 Å². The van der Waals surface area contributed by atoms with E-state index in [-0.39, 0.29) is 17.0 Å². The first-order valence-electron chi connectivity index (χ1n) is 8.21. The molecule has 2 N–H and O–H groups in total. The third kappa shape index (κ3) is 4.39. The Hall–Kier alpha value is -3.04. The average molecular weight is 386 g/mol. The summed E-state index contributed by atoms with van der Waals surface area (Å²) in [4.78, 5) is 16.7. The predicted molar refractivity (Wildman–Crippen MR) is 99.7 cm³/mol. The number of nitrogens with zero attached hydrogens (tertiary/aromatic N) is 2. The second kappa shape index (κ2) is 7.68. The topological polar surface area (TPSA) is 114 Å². The third-order valence-electron chi connectivity index (χ3n) is 3.65. The zero-order chi connectivity index (χ0) is 19.4. The van der Waals surface area contributed by atoms with Gasteiger partial charge in [-0.15, -0.1) is 0 Å². The molecule has 0 saturated heterocycles. The van der Waals surface area contributed by atoms with Gasteiger partial charge >= 0.3 is 0 Å². The van der Waals surface area contributed by atoms with Gasteiger partial charge in [-0.05, 0) is 30.3 Å². The van der Waals surface area contributed by atoms with Crippen molar-refractivity contribution < 1.29 is 17.7 Å². The summed E-state index contributed by atoms with van der Waals surface area (Å²) in [7, 11) is -3.64. The Labute approximate surface area is 156 Å². The van der Waals surface area contributed by atoms with Crippen molar-refractivity contribution in [3.05, 3.63) is 60.0 Å². The first kappa shape index (κ1) is 18.7. The Bertz CT molecular complexity index is 1080. The van der Waals surface area contributed by atoms with E-state index in [0.717, 1.165) is 0 Å². The molecule has 0 bridgehead atoms. The van der Waals surface area contributed by atoms with Gasteiger partial charge < -0.3 is 9.84 Å². The molecule has 0 aliphatic rings. The minimum Gasteiger partial charge on any atom is -0.339 e. The molecule has 1 heterocycles. The number of benzene rings is 2. The normalized spacial score (nSPS) is 11.3. The van der Waals surface area contributed by atoms with Gasteiger partial charge in [-0.1, -0.05) is 30.3 Å². The van der Waals surface area contributed by atoms with Crippen molar-refractivity contribution in [2.45, 2.75) is 18.7 Å². The number of anilines is 1. The highest BCUT2D eigenvalue weighted by Crippen LogP contribution is 2.21. The van der Waals surface area contributed by atoms with Crippen LogP contribution in [0.2, 0.25) is 0 Å². The average Bonchev–Trinajstić information content (AvgIpc) is 3.08. The van der Waals surface area contributed by atoms with Gasteiger partial charge in [0.2, 0.25) is 21.7 Å². The maximum absolute atomic E-state index is 12.5. The van der Waals surface area contributed by atoms with Crippen molar-refractivity contribution in [1.29, 1.82) is 0 Å². The molecule has 8 nitrogen and oxygen atoms in total. The highest BCUT2D eigenvalue weighted by atomic mass is 32.2. The predicted octanol–water partition coefficient (Wildman–Crippen LogP) is 2.60. The molecule has 0 atom stereocenters. The second-order valence-electron chi connectivity index (χ2n) is 5.70. The largest absolute Gasteiger partial charge is 0.339 e. The second-order valence-corrected chi connectivity index (χ2v) is 7.47. The third-order valence-corrected chi connectivity index (χ3v) is 5.19. The molecule has 0 spiro atoms. The fourth-order valence-corrected chi connectivity index (χ4v) is 3.52. The van der Waals surface area contributed by atoms with Gasteiger partial charge in [-0.2, -0.15) is 4.98 Å². The molecule has 0 aliphatic heterocycles. The highest BCUT2D eigenvalue weighted by Gasteiger charge is 2.15. The van der Waals surface area contributed by atoms with Gasteiger partial charge in [0, 0.05) is 30.3 Å². The van der Waals surface area contributed by atoms with Crippen LogP contribution < -0.4 is 10.0 Å². The van der Waals surface area contributed by atoms with Crippen LogP contribution in [0.5, 0.6) is 0 Å². The number of nitrogens with one attached hydrogen (secondary N) is 2. The van der Waals surface area contributed by atoms with Crippen LogP contribution in [0, 0.1) is 6.92 Å². The van der Waals surface area contributed by atoms with Crippen molar-refractivity contribution >= 4 is 21.6 Å². The molecule has 0 aliphatic carbocycles. The zero-order valence-corrected chi connectivity index (χ0v) is 15.6. The number of carbonyl (C=O) groups is 1. The molecule has 1 amide bonds. The Morgan fingerprint density at radius 3 is 2.63 bits per heavy atom. The van der Waals surface area contributed by atoms with Gasteiger partial charge in [0.25, 0.3) is 5.91 Å². The number of aromatic nitrogens is 2. The molecule has 0 fully saturated rings. The van der Waals surface area contributed by atoms with Crippen molar-refractivity contribution in [3.63, 3.8) is 0 Å². The summed E-state index contributed by atoms with van der Waals surface area (Å²) in [5.74, 6) is 0.436. The molecular formula is C18H18N4O4S. The summed E-state index contributed by atoms with van der Waals surface area (Å²) in [5.41, 5.74) is 1.45. The quantitative estimate of drug-likeness (QED) is 0.673. The van der Waals surface area contributed by atoms with E-state index in [1.165, 1.54) is 18.2 Å². The van der Waals surface area contributed by atoms with E-state index < -0.39 is 15.9 Å². The molecule has 0 unspecified atom stereocenters. The van der Waals surface area contributed by atoms with E-state index in [0.29, 0.717) is 23.0 Å². The van der Waals surface area contributed by atoms with Crippen molar-refractivity contribution in [3.8, 4) is 11.4 Å². The van der Waals surface area contributed by atoms with Crippen molar-refractivity contribution in [2.75, 3.05) is 11.9 Å². The maximum atomic E-state index is 12.5. The lowest BCUT2D eigenvalue weighted by atomic mass is 10.1. The monoisotopic (exact) mass is 386 g/mol. The van der Waals surface area contributed by atoms with Crippen molar-refractivity contribution in [2.24, 2.45) is 0 Å². The van der Waals surface area contributed by atoms with Crippen LogP contribution in [-0.2, 0) is 10.0 Å². The zero-order valence-electron chi connectivity index (χ0n) is 14.8. The van der Waals surface area contributed by atoms with E-state index >= 15 is 0 Å². The SMILES string of the molecule is CCNS(=O)(=O)c1cccc(C(=O)Nc2cccc(-c3noc(C)n3)c2)c1. The summed E-state index contributed by atoms with van der Waals surface area (Å²) < 4.78 is 31.6. The van der Waals surface area contributed by atoms with E-state index in [2.05, 4.69) is 20.2 Å². The Kier molecular flexibility index (Phi) is 5.33. The maximum Gasteiger partial charge on any atom is 0.255 e. The molecule has 3 aromatic rings. The lowest BCUT2D eigenvalue weighted by Crippen LogP contribution is -2.23. The van der Waals surface area contributed by atoms with Crippen LogP contribution in [0.3, 0.4) is 0 Å². The number of aryl methyl sites for hydroxylation is 1. The van der Waals surface area contributed by atoms with E-state index in [1.807, 2.05) is 0 Å². The number of amides is 1. The molecule has 1 aromatic heterocycles. The number of hydrogen-bond donors (Lipinski definition) is 2. The summed E-state index contributed by atoms with van der Waals surface area (Å²) in [5, 5.41) is 6.59.